The summed E-state index contributed by atoms with van der Waals surface area (Å²) in [5.41, 5.74) is 8.30. The summed E-state index contributed by atoms with van der Waals surface area (Å²) in [7, 11) is 4.37. The van der Waals surface area contributed by atoms with Crippen molar-refractivity contribution in [3.8, 4) is 0 Å². The van der Waals surface area contributed by atoms with Crippen molar-refractivity contribution in [2.45, 2.75) is 13.0 Å². The lowest BCUT2D eigenvalue weighted by atomic mass is 10.1. The third-order valence-electron chi connectivity index (χ3n) is 3.69. The molecule has 1 saturated heterocycles. The predicted octanol–water partition coefficient (Wildman–Crippen LogP) is 2.30. The third-order valence-corrected chi connectivity index (χ3v) is 4.19. The average molecular weight is 312 g/mol. The fourth-order valence-electron chi connectivity index (χ4n) is 2.75. The fraction of sp³-hybridized carbons (Fsp3) is 0.571. The van der Waals surface area contributed by atoms with Gasteiger partial charge in [0, 0.05) is 36.8 Å². The van der Waals surface area contributed by atoms with Gasteiger partial charge in [-0.3, -0.25) is 0 Å². The zero-order valence-electron chi connectivity index (χ0n) is 11.2. The number of rotatable bonds is 4. The zero-order chi connectivity index (χ0) is 13.1. The number of hydrogen-bond donors (Lipinski definition) is 1. The summed E-state index contributed by atoms with van der Waals surface area (Å²) in [5.74, 6) is 0.772. The molecule has 0 bridgehead atoms. The lowest BCUT2D eigenvalue weighted by molar-refractivity contribution is 0.396. The maximum absolute atomic E-state index is 5.83. The second kappa shape index (κ2) is 6.04. The van der Waals surface area contributed by atoms with E-state index in [1.807, 2.05) is 0 Å². The highest BCUT2D eigenvalue weighted by molar-refractivity contribution is 9.10. The molecule has 100 valence electrons. The first-order chi connectivity index (χ1) is 8.60. The normalized spacial score (nSPS) is 20.3. The van der Waals surface area contributed by atoms with E-state index in [1.165, 1.54) is 30.8 Å². The van der Waals surface area contributed by atoms with E-state index in [2.05, 4.69) is 58.0 Å². The second-order valence-corrected chi connectivity index (χ2v) is 6.19. The van der Waals surface area contributed by atoms with Crippen LogP contribution in [-0.2, 0) is 6.54 Å². The van der Waals surface area contributed by atoms with Gasteiger partial charge >= 0.3 is 0 Å². The molecule has 0 radical (unpaired) electrons. The van der Waals surface area contributed by atoms with Crippen LogP contribution in [0.25, 0.3) is 0 Å². The van der Waals surface area contributed by atoms with Gasteiger partial charge in [0.2, 0.25) is 0 Å². The van der Waals surface area contributed by atoms with E-state index in [1.54, 1.807) is 0 Å². The highest BCUT2D eigenvalue weighted by Crippen LogP contribution is 2.25. The van der Waals surface area contributed by atoms with Gasteiger partial charge in [0.1, 0.15) is 0 Å². The maximum atomic E-state index is 5.83. The summed E-state index contributed by atoms with van der Waals surface area (Å²) < 4.78 is 1.10. The fourth-order valence-corrected chi connectivity index (χ4v) is 3.16. The highest BCUT2D eigenvalue weighted by atomic mass is 79.9. The van der Waals surface area contributed by atoms with Crippen LogP contribution in [0, 0.1) is 5.92 Å². The smallest absolute Gasteiger partial charge is 0.0410 e. The molecule has 1 aromatic rings. The first kappa shape index (κ1) is 13.8. The van der Waals surface area contributed by atoms with Crippen LogP contribution in [0.3, 0.4) is 0 Å². The van der Waals surface area contributed by atoms with E-state index in [4.69, 9.17) is 5.73 Å². The van der Waals surface area contributed by atoms with E-state index < -0.39 is 0 Å². The summed E-state index contributed by atoms with van der Waals surface area (Å²) >= 11 is 3.50. The Balaban J connectivity index is 2.06. The molecule has 1 aliphatic heterocycles. The van der Waals surface area contributed by atoms with Gasteiger partial charge in [0.25, 0.3) is 0 Å². The second-order valence-electron chi connectivity index (χ2n) is 5.27. The van der Waals surface area contributed by atoms with E-state index in [0.29, 0.717) is 6.54 Å². The van der Waals surface area contributed by atoms with Crippen LogP contribution < -0.4 is 10.6 Å². The molecular weight excluding hydrogens is 290 g/mol. The Kier molecular flexibility index (Phi) is 4.65. The standard InChI is InChI=1S/C14H22BrN3/c1-17-6-5-11(9-17)10-18(2)14-4-3-13(15)7-12(14)8-16/h3-4,7,11H,5-6,8-10,16H2,1-2H3. The molecule has 0 saturated carbocycles. The largest absolute Gasteiger partial charge is 0.374 e. The minimum absolute atomic E-state index is 0.587. The molecule has 3 nitrogen and oxygen atoms in total. The molecule has 0 amide bonds. The molecule has 0 spiro atoms. The molecule has 2 rings (SSSR count). The number of nitrogens with zero attached hydrogens (tertiary/aromatic N) is 2. The summed E-state index contributed by atoms with van der Waals surface area (Å²) in [6.07, 6.45) is 1.30. The van der Waals surface area contributed by atoms with Crippen molar-refractivity contribution in [1.29, 1.82) is 0 Å². The molecule has 0 aliphatic carbocycles. The van der Waals surface area contributed by atoms with Gasteiger partial charge in [0.05, 0.1) is 0 Å². The number of likely N-dealkylation sites (tertiary alicyclic amines) is 1. The monoisotopic (exact) mass is 311 g/mol. The van der Waals surface area contributed by atoms with Gasteiger partial charge in [-0.1, -0.05) is 15.9 Å². The third kappa shape index (κ3) is 3.25. The van der Waals surface area contributed by atoms with Crippen molar-refractivity contribution < 1.29 is 0 Å². The Labute approximate surface area is 118 Å². The molecule has 18 heavy (non-hydrogen) atoms. The Hall–Kier alpha value is -0.580. The van der Waals surface area contributed by atoms with Crippen LogP contribution in [0.5, 0.6) is 0 Å². The van der Waals surface area contributed by atoms with E-state index in [-0.39, 0.29) is 0 Å². The molecule has 1 fully saturated rings. The number of halogens is 1. The average Bonchev–Trinajstić information content (AvgIpc) is 2.74. The number of nitrogens with two attached hydrogens (primary N) is 1. The Morgan fingerprint density at radius 1 is 1.50 bits per heavy atom. The van der Waals surface area contributed by atoms with Crippen molar-refractivity contribution in [2.75, 3.05) is 38.6 Å². The molecule has 0 aromatic heterocycles. The minimum atomic E-state index is 0.587. The zero-order valence-corrected chi connectivity index (χ0v) is 12.8. The van der Waals surface area contributed by atoms with Crippen LogP contribution in [-0.4, -0.2) is 38.6 Å². The van der Waals surface area contributed by atoms with Crippen LogP contribution in [0.15, 0.2) is 22.7 Å². The molecule has 4 heteroatoms. The van der Waals surface area contributed by atoms with Gasteiger partial charge in [-0.15, -0.1) is 0 Å². The Morgan fingerprint density at radius 2 is 2.28 bits per heavy atom. The number of benzene rings is 1. The van der Waals surface area contributed by atoms with Gasteiger partial charge < -0.3 is 15.5 Å². The van der Waals surface area contributed by atoms with E-state index in [9.17, 15) is 0 Å². The van der Waals surface area contributed by atoms with E-state index >= 15 is 0 Å². The summed E-state index contributed by atoms with van der Waals surface area (Å²) in [5, 5.41) is 0. The summed E-state index contributed by atoms with van der Waals surface area (Å²) in [6, 6.07) is 6.36. The number of hydrogen-bond acceptors (Lipinski definition) is 3. The molecule has 1 atom stereocenters. The molecule has 1 heterocycles. The van der Waals surface area contributed by atoms with Crippen molar-refractivity contribution >= 4 is 21.6 Å². The molecule has 1 aliphatic rings. The molecular formula is C14H22BrN3. The SMILES string of the molecule is CN1CCC(CN(C)c2ccc(Br)cc2CN)C1. The van der Waals surface area contributed by atoms with Crippen LogP contribution in [0.1, 0.15) is 12.0 Å². The van der Waals surface area contributed by atoms with Crippen LogP contribution in [0.2, 0.25) is 0 Å². The predicted molar refractivity (Wildman–Crippen MR) is 80.9 cm³/mol. The molecule has 2 N–H and O–H groups in total. The van der Waals surface area contributed by atoms with Crippen molar-refractivity contribution in [3.05, 3.63) is 28.2 Å². The van der Waals surface area contributed by atoms with Crippen molar-refractivity contribution in [2.24, 2.45) is 11.7 Å². The Morgan fingerprint density at radius 3 is 2.89 bits per heavy atom. The summed E-state index contributed by atoms with van der Waals surface area (Å²) in [4.78, 5) is 4.75. The van der Waals surface area contributed by atoms with Gasteiger partial charge in [0.15, 0.2) is 0 Å². The lowest BCUT2D eigenvalue weighted by Gasteiger charge is -2.25. The van der Waals surface area contributed by atoms with Gasteiger partial charge in [-0.25, -0.2) is 0 Å². The summed E-state index contributed by atoms with van der Waals surface area (Å²) in [6.45, 7) is 4.13. The Bertz CT molecular complexity index is 408. The van der Waals surface area contributed by atoms with Gasteiger partial charge in [-0.05, 0) is 49.7 Å². The van der Waals surface area contributed by atoms with Gasteiger partial charge in [-0.2, -0.15) is 0 Å². The van der Waals surface area contributed by atoms with Crippen LogP contribution in [0.4, 0.5) is 5.69 Å². The number of anilines is 1. The van der Waals surface area contributed by atoms with E-state index in [0.717, 1.165) is 16.9 Å². The van der Waals surface area contributed by atoms with Crippen LogP contribution >= 0.6 is 15.9 Å². The van der Waals surface area contributed by atoms with Crippen molar-refractivity contribution in [3.63, 3.8) is 0 Å². The first-order valence-corrected chi connectivity index (χ1v) is 7.27. The van der Waals surface area contributed by atoms with Crippen molar-refractivity contribution in [1.82, 2.24) is 4.90 Å². The first-order valence-electron chi connectivity index (χ1n) is 6.48. The minimum Gasteiger partial charge on any atom is -0.374 e. The quantitative estimate of drug-likeness (QED) is 0.926. The highest BCUT2D eigenvalue weighted by Gasteiger charge is 2.21. The molecule has 1 aromatic carbocycles. The molecule has 1 unspecified atom stereocenters. The topological polar surface area (TPSA) is 32.5 Å². The lowest BCUT2D eigenvalue weighted by Crippen LogP contribution is -2.28. The maximum Gasteiger partial charge on any atom is 0.0410 e.